The molecule has 22 heavy (non-hydrogen) atoms. The summed E-state index contributed by atoms with van der Waals surface area (Å²) in [7, 11) is 0. The number of halogens is 3. The minimum absolute atomic E-state index is 0.186. The van der Waals surface area contributed by atoms with E-state index in [1.165, 1.54) is 24.5 Å². The van der Waals surface area contributed by atoms with Gasteiger partial charge in [0, 0.05) is 18.0 Å². The summed E-state index contributed by atoms with van der Waals surface area (Å²) in [6.45, 7) is 0. The van der Waals surface area contributed by atoms with E-state index in [2.05, 4.69) is 9.97 Å². The van der Waals surface area contributed by atoms with Crippen LogP contribution in [-0.2, 0) is 6.18 Å². The number of rotatable bonds is 1. The highest BCUT2D eigenvalue weighted by Crippen LogP contribution is 2.39. The number of hydrogen-bond donors (Lipinski definition) is 1. The second kappa shape index (κ2) is 4.83. The quantitative estimate of drug-likeness (QED) is 0.748. The third kappa shape index (κ3) is 2.18. The van der Waals surface area contributed by atoms with Gasteiger partial charge in [0.25, 0.3) is 5.71 Å². The molecule has 0 saturated carbocycles. The predicted octanol–water partition coefficient (Wildman–Crippen LogP) is 2.97. The Morgan fingerprint density at radius 2 is 1.77 bits per heavy atom. The zero-order chi connectivity index (χ0) is 15.9. The van der Waals surface area contributed by atoms with E-state index in [1.54, 1.807) is 0 Å². The van der Waals surface area contributed by atoms with Gasteiger partial charge in [-0.05, 0) is 6.07 Å². The first kappa shape index (κ1) is 14.1. The Kier molecular flexibility index (Phi) is 3.09. The smallest absolute Gasteiger partial charge is 0.417 e. The summed E-state index contributed by atoms with van der Waals surface area (Å²) in [5.74, 6) is -0.698. The highest BCUT2D eigenvalue weighted by molar-refractivity contribution is 5.86. The Labute approximate surface area is 120 Å². The van der Waals surface area contributed by atoms with E-state index in [0.717, 1.165) is 12.1 Å². The molecule has 0 amide bonds. The minimum atomic E-state index is -4.69. The second-order valence-corrected chi connectivity index (χ2v) is 4.37. The van der Waals surface area contributed by atoms with Gasteiger partial charge in [0.1, 0.15) is 5.56 Å². The highest BCUT2D eigenvalue weighted by atomic mass is 19.4. The molecule has 0 radical (unpaired) electrons. The third-order valence-corrected chi connectivity index (χ3v) is 3.02. The van der Waals surface area contributed by atoms with E-state index < -0.39 is 34.2 Å². The van der Waals surface area contributed by atoms with Gasteiger partial charge in [-0.25, -0.2) is 14.8 Å². The van der Waals surface area contributed by atoms with Crippen LogP contribution in [0.4, 0.5) is 13.2 Å². The van der Waals surface area contributed by atoms with Crippen LogP contribution in [0.5, 0.6) is 5.75 Å². The van der Waals surface area contributed by atoms with Crippen molar-refractivity contribution in [1.29, 1.82) is 0 Å². The molecular weight excluding hydrogens is 301 g/mol. The molecule has 8 heteroatoms. The van der Waals surface area contributed by atoms with E-state index in [-0.39, 0.29) is 11.2 Å². The summed E-state index contributed by atoms with van der Waals surface area (Å²) in [4.78, 5) is 19.4. The molecule has 2 aromatic heterocycles. The standard InChI is InChI=1S/C14H7F3N2O3/c15-14(16,17)8-4-2-1-3-7(8)9-11(20)10-12(22-13(9)21)19-6-5-18-10/h1-6,20H. The van der Waals surface area contributed by atoms with Crippen molar-refractivity contribution in [3.63, 3.8) is 0 Å². The van der Waals surface area contributed by atoms with Crippen LogP contribution in [0.3, 0.4) is 0 Å². The maximum atomic E-state index is 13.1. The fourth-order valence-electron chi connectivity index (χ4n) is 2.10. The lowest BCUT2D eigenvalue weighted by Crippen LogP contribution is -2.11. The molecule has 3 rings (SSSR count). The highest BCUT2D eigenvalue weighted by Gasteiger charge is 2.35. The molecule has 112 valence electrons. The molecule has 5 nitrogen and oxygen atoms in total. The number of fused-ring (bicyclic) bond motifs is 1. The minimum Gasteiger partial charge on any atom is -0.505 e. The van der Waals surface area contributed by atoms with Gasteiger partial charge in [-0.1, -0.05) is 18.2 Å². The van der Waals surface area contributed by atoms with Gasteiger partial charge in [0.05, 0.1) is 5.56 Å². The zero-order valence-electron chi connectivity index (χ0n) is 10.8. The van der Waals surface area contributed by atoms with Gasteiger partial charge >= 0.3 is 11.8 Å². The lowest BCUT2D eigenvalue weighted by Gasteiger charge is -2.13. The van der Waals surface area contributed by atoms with Crippen molar-refractivity contribution >= 4 is 11.2 Å². The van der Waals surface area contributed by atoms with Crippen molar-refractivity contribution in [1.82, 2.24) is 9.97 Å². The average Bonchev–Trinajstić information content (AvgIpc) is 2.47. The van der Waals surface area contributed by atoms with Crippen LogP contribution in [-0.4, -0.2) is 15.1 Å². The summed E-state index contributed by atoms with van der Waals surface area (Å²) >= 11 is 0. The first-order valence-corrected chi connectivity index (χ1v) is 6.03. The molecule has 0 aliphatic rings. The maximum Gasteiger partial charge on any atom is 0.417 e. The van der Waals surface area contributed by atoms with Crippen LogP contribution in [0.1, 0.15) is 5.56 Å². The van der Waals surface area contributed by atoms with E-state index in [4.69, 9.17) is 4.42 Å². The first-order valence-electron chi connectivity index (χ1n) is 6.03. The van der Waals surface area contributed by atoms with Crippen LogP contribution in [0, 0.1) is 0 Å². The molecule has 0 atom stereocenters. The molecule has 0 fully saturated rings. The topological polar surface area (TPSA) is 76.2 Å². The van der Waals surface area contributed by atoms with E-state index >= 15 is 0 Å². The monoisotopic (exact) mass is 308 g/mol. The summed E-state index contributed by atoms with van der Waals surface area (Å²) in [5, 5.41) is 10.1. The molecule has 1 aromatic carbocycles. The number of hydrogen-bond acceptors (Lipinski definition) is 5. The van der Waals surface area contributed by atoms with E-state index in [0.29, 0.717) is 0 Å². The van der Waals surface area contributed by atoms with Crippen LogP contribution in [0.25, 0.3) is 22.4 Å². The van der Waals surface area contributed by atoms with Gasteiger partial charge in [-0.15, -0.1) is 0 Å². The fraction of sp³-hybridized carbons (Fsp3) is 0.0714. The predicted molar refractivity (Wildman–Crippen MR) is 70.2 cm³/mol. The largest absolute Gasteiger partial charge is 0.505 e. The molecule has 0 unspecified atom stereocenters. The molecule has 0 saturated heterocycles. The van der Waals surface area contributed by atoms with Crippen molar-refractivity contribution in [3.8, 4) is 16.9 Å². The average molecular weight is 308 g/mol. The van der Waals surface area contributed by atoms with Crippen molar-refractivity contribution in [2.75, 3.05) is 0 Å². The van der Waals surface area contributed by atoms with Gasteiger partial charge in [0.15, 0.2) is 11.3 Å². The molecule has 0 aliphatic heterocycles. The zero-order valence-corrected chi connectivity index (χ0v) is 10.8. The van der Waals surface area contributed by atoms with E-state index in [9.17, 15) is 23.1 Å². The van der Waals surface area contributed by atoms with Crippen molar-refractivity contribution in [3.05, 3.63) is 52.6 Å². The van der Waals surface area contributed by atoms with Gasteiger partial charge in [0.2, 0.25) is 0 Å². The lowest BCUT2D eigenvalue weighted by molar-refractivity contribution is -0.137. The Hall–Kier alpha value is -2.90. The molecule has 0 spiro atoms. The Morgan fingerprint density at radius 3 is 2.50 bits per heavy atom. The summed E-state index contributed by atoms with van der Waals surface area (Å²) in [6, 6.07) is 4.41. The molecular formula is C14H7F3N2O3. The lowest BCUT2D eigenvalue weighted by atomic mass is 10.00. The number of nitrogens with zero attached hydrogens (tertiary/aromatic N) is 2. The second-order valence-electron chi connectivity index (χ2n) is 4.37. The Bertz CT molecular complexity index is 919. The molecule has 1 N–H and O–H groups in total. The number of aromatic nitrogens is 2. The molecule has 0 bridgehead atoms. The summed E-state index contributed by atoms with van der Waals surface area (Å²) < 4.78 is 44.0. The van der Waals surface area contributed by atoms with Crippen molar-refractivity contribution in [2.24, 2.45) is 0 Å². The molecule has 3 aromatic rings. The Morgan fingerprint density at radius 1 is 1.09 bits per heavy atom. The third-order valence-electron chi connectivity index (χ3n) is 3.02. The SMILES string of the molecule is O=c1oc2nccnc2c(O)c1-c1ccccc1C(F)(F)F. The van der Waals surface area contributed by atoms with Crippen molar-refractivity contribution < 1.29 is 22.7 Å². The van der Waals surface area contributed by atoms with Crippen LogP contribution < -0.4 is 5.63 Å². The summed E-state index contributed by atoms with van der Waals surface area (Å²) in [5.41, 5.74) is -3.69. The maximum absolute atomic E-state index is 13.1. The van der Waals surface area contributed by atoms with Crippen LogP contribution in [0.15, 0.2) is 45.9 Å². The number of benzene rings is 1. The number of alkyl halides is 3. The fourth-order valence-corrected chi connectivity index (χ4v) is 2.10. The normalized spacial score (nSPS) is 11.8. The van der Waals surface area contributed by atoms with Crippen molar-refractivity contribution in [2.45, 2.75) is 6.18 Å². The van der Waals surface area contributed by atoms with E-state index in [1.807, 2.05) is 0 Å². The molecule has 0 aliphatic carbocycles. The number of aromatic hydroxyl groups is 1. The summed E-state index contributed by atoms with van der Waals surface area (Å²) in [6.07, 6.45) is -2.23. The van der Waals surface area contributed by atoms with Gasteiger partial charge in [-0.3, -0.25) is 0 Å². The molecule has 2 heterocycles. The Balaban J connectivity index is 2.40. The van der Waals surface area contributed by atoms with Gasteiger partial charge in [-0.2, -0.15) is 13.2 Å². The first-order chi connectivity index (χ1) is 10.4. The van der Waals surface area contributed by atoms with Crippen LogP contribution in [0.2, 0.25) is 0 Å². The van der Waals surface area contributed by atoms with Gasteiger partial charge < -0.3 is 9.52 Å². The van der Waals surface area contributed by atoms with Crippen LogP contribution >= 0.6 is 0 Å².